The van der Waals surface area contributed by atoms with Crippen LogP contribution in [0.25, 0.3) is 10.9 Å². The Balaban J connectivity index is 1.94. The zero-order chi connectivity index (χ0) is 13.2. The molecule has 100 valence electrons. The fraction of sp³-hybridized carbons (Fsp3) is 0.400. The highest BCUT2D eigenvalue weighted by molar-refractivity contribution is 6.35. The summed E-state index contributed by atoms with van der Waals surface area (Å²) in [7, 11) is 0. The van der Waals surface area contributed by atoms with Crippen LogP contribution >= 0.6 is 11.6 Å². The predicted molar refractivity (Wildman–Crippen MR) is 78.6 cm³/mol. The smallest absolute Gasteiger partial charge is 0.0948 e. The highest BCUT2D eigenvalue weighted by Gasteiger charge is 2.23. The van der Waals surface area contributed by atoms with Crippen molar-refractivity contribution in [2.24, 2.45) is 0 Å². The zero-order valence-electron chi connectivity index (χ0n) is 10.6. The van der Waals surface area contributed by atoms with E-state index in [0.717, 1.165) is 42.3 Å². The van der Waals surface area contributed by atoms with E-state index in [1.807, 2.05) is 24.3 Å². The maximum atomic E-state index is 10.0. The summed E-state index contributed by atoms with van der Waals surface area (Å²) in [5.74, 6) is 0. The van der Waals surface area contributed by atoms with Crippen LogP contribution in [0.1, 0.15) is 25.7 Å². The minimum absolute atomic E-state index is 0.111. The number of aliphatic hydroxyl groups is 1. The number of rotatable bonds is 2. The molecule has 19 heavy (non-hydrogen) atoms. The van der Waals surface area contributed by atoms with Crippen LogP contribution in [0.15, 0.2) is 30.5 Å². The fourth-order valence-electron chi connectivity index (χ4n) is 2.73. The lowest BCUT2D eigenvalue weighted by Crippen LogP contribution is -2.36. The molecule has 2 N–H and O–H groups in total. The lowest BCUT2D eigenvalue weighted by atomic mass is 9.92. The van der Waals surface area contributed by atoms with Crippen LogP contribution in [0, 0.1) is 0 Å². The molecular formula is C15H17ClN2O. The van der Waals surface area contributed by atoms with Crippen LogP contribution in [0.4, 0.5) is 5.69 Å². The molecule has 3 rings (SSSR count). The van der Waals surface area contributed by atoms with Gasteiger partial charge in [0.25, 0.3) is 0 Å². The second kappa shape index (κ2) is 5.35. The van der Waals surface area contributed by atoms with Gasteiger partial charge in [0.15, 0.2) is 0 Å². The number of nitrogens with one attached hydrogen (secondary N) is 1. The standard InChI is InChI=1S/C15H17ClN2O/c16-11-7-8-13(15-10(11)4-3-9-17-15)18-12-5-1-2-6-14(12)19/h3-4,7-9,12,14,18-19H,1-2,5-6H2. The number of nitrogens with zero attached hydrogens (tertiary/aromatic N) is 1. The molecule has 1 aliphatic carbocycles. The molecule has 2 atom stereocenters. The van der Waals surface area contributed by atoms with Crippen molar-refractivity contribution >= 4 is 28.2 Å². The van der Waals surface area contributed by atoms with Crippen molar-refractivity contribution in [1.82, 2.24) is 4.98 Å². The molecule has 0 saturated heterocycles. The molecule has 2 aromatic rings. The summed E-state index contributed by atoms with van der Waals surface area (Å²) in [5, 5.41) is 15.1. The van der Waals surface area contributed by atoms with Gasteiger partial charge in [-0.3, -0.25) is 4.98 Å². The van der Waals surface area contributed by atoms with E-state index in [9.17, 15) is 5.11 Å². The molecule has 3 nitrogen and oxygen atoms in total. The highest BCUT2D eigenvalue weighted by atomic mass is 35.5. The monoisotopic (exact) mass is 276 g/mol. The van der Waals surface area contributed by atoms with Gasteiger partial charge >= 0.3 is 0 Å². The second-order valence-electron chi connectivity index (χ2n) is 5.10. The van der Waals surface area contributed by atoms with Crippen molar-refractivity contribution in [2.45, 2.75) is 37.8 Å². The highest BCUT2D eigenvalue weighted by Crippen LogP contribution is 2.30. The number of anilines is 1. The number of hydrogen-bond donors (Lipinski definition) is 2. The Morgan fingerprint density at radius 1 is 1.21 bits per heavy atom. The van der Waals surface area contributed by atoms with Crippen molar-refractivity contribution in [3.05, 3.63) is 35.5 Å². The van der Waals surface area contributed by atoms with E-state index in [0.29, 0.717) is 5.02 Å². The Morgan fingerprint density at radius 2 is 2.05 bits per heavy atom. The van der Waals surface area contributed by atoms with Crippen LogP contribution < -0.4 is 5.32 Å². The number of pyridine rings is 1. The quantitative estimate of drug-likeness (QED) is 0.881. The molecular weight excluding hydrogens is 260 g/mol. The van der Waals surface area contributed by atoms with E-state index in [4.69, 9.17) is 11.6 Å². The SMILES string of the molecule is OC1CCCCC1Nc1ccc(Cl)c2cccnc12. The van der Waals surface area contributed by atoms with E-state index < -0.39 is 0 Å². The minimum atomic E-state index is -0.275. The molecule has 1 aromatic carbocycles. The molecule has 1 heterocycles. The van der Waals surface area contributed by atoms with Gasteiger partial charge in [-0.15, -0.1) is 0 Å². The Hall–Kier alpha value is -1.32. The van der Waals surface area contributed by atoms with E-state index in [1.54, 1.807) is 6.20 Å². The van der Waals surface area contributed by atoms with Crippen LogP contribution in [-0.4, -0.2) is 22.2 Å². The van der Waals surface area contributed by atoms with Gasteiger partial charge in [-0.25, -0.2) is 0 Å². The zero-order valence-corrected chi connectivity index (χ0v) is 11.4. The van der Waals surface area contributed by atoms with E-state index >= 15 is 0 Å². The van der Waals surface area contributed by atoms with Crippen molar-refractivity contribution in [1.29, 1.82) is 0 Å². The number of aromatic nitrogens is 1. The predicted octanol–water partition coefficient (Wildman–Crippen LogP) is 3.60. The molecule has 0 aliphatic heterocycles. The Morgan fingerprint density at radius 3 is 2.89 bits per heavy atom. The molecule has 1 saturated carbocycles. The lowest BCUT2D eigenvalue weighted by molar-refractivity contribution is 0.116. The largest absolute Gasteiger partial charge is 0.391 e. The summed E-state index contributed by atoms with van der Waals surface area (Å²) in [4.78, 5) is 4.40. The molecule has 2 unspecified atom stereocenters. The van der Waals surface area contributed by atoms with Gasteiger partial charge in [0, 0.05) is 11.6 Å². The van der Waals surface area contributed by atoms with Gasteiger partial charge in [0.05, 0.1) is 28.4 Å². The minimum Gasteiger partial charge on any atom is -0.391 e. The maximum Gasteiger partial charge on any atom is 0.0948 e. The first-order valence-corrected chi connectivity index (χ1v) is 7.11. The van der Waals surface area contributed by atoms with Crippen molar-refractivity contribution in [2.75, 3.05) is 5.32 Å². The Kier molecular flexibility index (Phi) is 3.58. The van der Waals surface area contributed by atoms with Crippen LogP contribution in [-0.2, 0) is 0 Å². The average Bonchev–Trinajstić information content (AvgIpc) is 2.44. The molecule has 1 aliphatic rings. The third kappa shape index (κ3) is 2.53. The summed E-state index contributed by atoms with van der Waals surface area (Å²) >= 11 is 6.18. The topological polar surface area (TPSA) is 45.1 Å². The first-order valence-electron chi connectivity index (χ1n) is 6.73. The van der Waals surface area contributed by atoms with Crippen molar-refractivity contribution in [3.8, 4) is 0 Å². The van der Waals surface area contributed by atoms with Crippen LogP contribution in [0.5, 0.6) is 0 Å². The summed E-state index contributed by atoms with van der Waals surface area (Å²) in [6.45, 7) is 0. The van der Waals surface area contributed by atoms with E-state index in [2.05, 4.69) is 10.3 Å². The van der Waals surface area contributed by atoms with Gasteiger partial charge in [0.2, 0.25) is 0 Å². The normalized spacial score (nSPS) is 23.5. The number of benzene rings is 1. The van der Waals surface area contributed by atoms with E-state index in [-0.39, 0.29) is 12.1 Å². The molecule has 0 radical (unpaired) electrons. The van der Waals surface area contributed by atoms with Gasteiger partial charge in [-0.1, -0.05) is 24.4 Å². The van der Waals surface area contributed by atoms with Gasteiger partial charge in [-0.2, -0.15) is 0 Å². The third-order valence-corrected chi connectivity index (χ3v) is 4.12. The molecule has 0 amide bonds. The summed E-state index contributed by atoms with van der Waals surface area (Å²) in [5.41, 5.74) is 1.82. The molecule has 0 spiro atoms. The summed E-state index contributed by atoms with van der Waals surface area (Å²) in [6, 6.07) is 7.78. The van der Waals surface area contributed by atoms with Gasteiger partial charge in [0.1, 0.15) is 0 Å². The maximum absolute atomic E-state index is 10.0. The van der Waals surface area contributed by atoms with Crippen molar-refractivity contribution < 1.29 is 5.11 Å². The van der Waals surface area contributed by atoms with Crippen LogP contribution in [0.3, 0.4) is 0 Å². The molecule has 0 bridgehead atoms. The number of hydrogen-bond acceptors (Lipinski definition) is 3. The summed E-state index contributed by atoms with van der Waals surface area (Å²) in [6.07, 6.45) is 5.63. The number of fused-ring (bicyclic) bond motifs is 1. The first-order chi connectivity index (χ1) is 9.25. The average molecular weight is 277 g/mol. The lowest BCUT2D eigenvalue weighted by Gasteiger charge is -2.29. The van der Waals surface area contributed by atoms with Gasteiger partial charge < -0.3 is 10.4 Å². The molecule has 1 aromatic heterocycles. The third-order valence-electron chi connectivity index (χ3n) is 3.79. The second-order valence-corrected chi connectivity index (χ2v) is 5.50. The summed E-state index contributed by atoms with van der Waals surface area (Å²) < 4.78 is 0. The Labute approximate surface area is 117 Å². The van der Waals surface area contributed by atoms with E-state index in [1.165, 1.54) is 0 Å². The van der Waals surface area contributed by atoms with Crippen LogP contribution in [0.2, 0.25) is 5.02 Å². The fourth-order valence-corrected chi connectivity index (χ4v) is 2.95. The Bertz CT molecular complexity index is 587. The van der Waals surface area contributed by atoms with Gasteiger partial charge in [-0.05, 0) is 37.1 Å². The first kappa shape index (κ1) is 12.7. The number of aliphatic hydroxyl groups excluding tert-OH is 1. The number of halogens is 1. The van der Waals surface area contributed by atoms with Crippen molar-refractivity contribution in [3.63, 3.8) is 0 Å². The molecule has 4 heteroatoms. The molecule has 1 fully saturated rings.